The Hall–Kier alpha value is -3.17. The van der Waals surface area contributed by atoms with Gasteiger partial charge in [-0.2, -0.15) is 0 Å². The van der Waals surface area contributed by atoms with E-state index in [-0.39, 0.29) is 29.1 Å². The molecule has 2 heterocycles. The fraction of sp³-hybridized carbons (Fsp3) is 0.273. The number of thiazole rings is 1. The molecule has 1 fully saturated rings. The number of aromatic nitrogens is 1. The number of ketones is 1. The highest BCUT2D eigenvalue weighted by Crippen LogP contribution is 2.22. The summed E-state index contributed by atoms with van der Waals surface area (Å²) < 4.78 is 2.22. The number of anilines is 1. The minimum Gasteiger partial charge on any atom is -0.338 e. The van der Waals surface area contributed by atoms with Crippen molar-refractivity contribution in [1.82, 2.24) is 14.4 Å². The number of Topliss-reactive ketones (excluding diaryl/α,β-unsaturated/α-hetero) is 1. The van der Waals surface area contributed by atoms with Crippen LogP contribution in [0.25, 0.3) is 10.2 Å². The molecule has 32 heavy (non-hydrogen) atoms. The van der Waals surface area contributed by atoms with E-state index in [9.17, 15) is 19.2 Å². The van der Waals surface area contributed by atoms with Crippen LogP contribution >= 0.6 is 22.9 Å². The van der Waals surface area contributed by atoms with Crippen LogP contribution in [0, 0.1) is 0 Å². The standard InChI is InChI=1S/C22H21ClN4O4S/c1-14(28)15-3-2-4-17(11-15)24-21(30)26-9-7-25(8-10-26)20(29)13-27-18-12-16(23)5-6-19(18)32-22(27)31/h2-6,11-12H,7-10,13H2,1H3,(H,24,30). The molecule has 1 aliphatic rings. The summed E-state index contributed by atoms with van der Waals surface area (Å²) in [7, 11) is 0. The monoisotopic (exact) mass is 472 g/mol. The highest BCUT2D eigenvalue weighted by molar-refractivity contribution is 7.16. The molecule has 166 valence electrons. The molecule has 1 aromatic heterocycles. The molecule has 3 aromatic rings. The van der Waals surface area contributed by atoms with Gasteiger partial charge in [-0.3, -0.25) is 19.0 Å². The summed E-state index contributed by atoms with van der Waals surface area (Å²) >= 11 is 7.13. The maximum Gasteiger partial charge on any atom is 0.321 e. The predicted octanol–water partition coefficient (Wildman–Crippen LogP) is 3.30. The summed E-state index contributed by atoms with van der Waals surface area (Å²) in [4.78, 5) is 52.3. The molecule has 0 saturated carbocycles. The Morgan fingerprint density at radius 2 is 1.75 bits per heavy atom. The van der Waals surface area contributed by atoms with Crippen molar-refractivity contribution in [3.8, 4) is 0 Å². The fourth-order valence-corrected chi connectivity index (χ4v) is 4.64. The molecule has 0 unspecified atom stereocenters. The lowest BCUT2D eigenvalue weighted by Gasteiger charge is -2.34. The van der Waals surface area contributed by atoms with E-state index < -0.39 is 0 Å². The Bertz CT molecular complexity index is 1260. The van der Waals surface area contributed by atoms with Crippen LogP contribution < -0.4 is 10.2 Å². The van der Waals surface area contributed by atoms with Crippen LogP contribution in [0.1, 0.15) is 17.3 Å². The maximum absolute atomic E-state index is 12.8. The average molecular weight is 473 g/mol. The highest BCUT2D eigenvalue weighted by atomic mass is 35.5. The van der Waals surface area contributed by atoms with Gasteiger partial charge in [-0.1, -0.05) is 35.1 Å². The van der Waals surface area contributed by atoms with Gasteiger partial charge in [0.2, 0.25) is 5.91 Å². The second-order valence-corrected chi connectivity index (χ2v) is 8.93. The van der Waals surface area contributed by atoms with Gasteiger partial charge in [-0.15, -0.1) is 0 Å². The zero-order valence-electron chi connectivity index (χ0n) is 17.3. The first-order chi connectivity index (χ1) is 15.3. The van der Waals surface area contributed by atoms with Crippen molar-refractivity contribution in [2.75, 3.05) is 31.5 Å². The van der Waals surface area contributed by atoms with Crippen molar-refractivity contribution in [3.63, 3.8) is 0 Å². The number of piperazine rings is 1. The third-order valence-electron chi connectivity index (χ3n) is 5.36. The molecule has 8 nitrogen and oxygen atoms in total. The van der Waals surface area contributed by atoms with Gasteiger partial charge in [-0.05, 0) is 37.3 Å². The summed E-state index contributed by atoms with van der Waals surface area (Å²) in [5.41, 5.74) is 1.71. The van der Waals surface area contributed by atoms with Gasteiger partial charge in [0, 0.05) is 42.5 Å². The first-order valence-corrected chi connectivity index (χ1v) is 11.2. The van der Waals surface area contributed by atoms with Crippen LogP contribution in [-0.2, 0) is 11.3 Å². The van der Waals surface area contributed by atoms with Gasteiger partial charge >= 0.3 is 10.9 Å². The van der Waals surface area contributed by atoms with E-state index in [1.54, 1.807) is 52.3 Å². The number of halogens is 1. The fourth-order valence-electron chi connectivity index (χ4n) is 3.60. The topological polar surface area (TPSA) is 91.7 Å². The highest BCUT2D eigenvalue weighted by Gasteiger charge is 2.25. The average Bonchev–Trinajstić information content (AvgIpc) is 3.08. The quantitative estimate of drug-likeness (QED) is 0.590. The zero-order valence-corrected chi connectivity index (χ0v) is 18.9. The van der Waals surface area contributed by atoms with E-state index in [1.807, 2.05) is 0 Å². The van der Waals surface area contributed by atoms with Crippen LogP contribution in [0.5, 0.6) is 0 Å². The van der Waals surface area contributed by atoms with Gasteiger partial charge in [-0.25, -0.2) is 4.79 Å². The number of benzene rings is 2. The van der Waals surface area contributed by atoms with E-state index in [0.29, 0.717) is 48.0 Å². The normalized spacial score (nSPS) is 13.9. The number of carbonyl (C=O) groups is 3. The SMILES string of the molecule is CC(=O)c1cccc(NC(=O)N2CCN(C(=O)Cn3c(=O)sc4ccc(Cl)cc43)CC2)c1. The van der Waals surface area contributed by atoms with E-state index in [4.69, 9.17) is 11.6 Å². The Morgan fingerprint density at radius 1 is 1.03 bits per heavy atom. The molecule has 2 aromatic carbocycles. The van der Waals surface area contributed by atoms with E-state index in [2.05, 4.69) is 5.32 Å². The lowest BCUT2D eigenvalue weighted by molar-refractivity contribution is -0.133. The first-order valence-electron chi connectivity index (χ1n) is 10.1. The molecule has 1 saturated heterocycles. The van der Waals surface area contributed by atoms with Crippen LogP contribution in [0.2, 0.25) is 5.02 Å². The number of urea groups is 1. The number of rotatable bonds is 4. The van der Waals surface area contributed by atoms with Gasteiger partial charge in [0.1, 0.15) is 6.54 Å². The zero-order chi connectivity index (χ0) is 22.8. The molecule has 0 bridgehead atoms. The summed E-state index contributed by atoms with van der Waals surface area (Å²) in [6, 6.07) is 11.7. The van der Waals surface area contributed by atoms with Gasteiger partial charge in [0.15, 0.2) is 5.78 Å². The number of nitrogens with zero attached hydrogens (tertiary/aromatic N) is 3. The van der Waals surface area contributed by atoms with Crippen molar-refractivity contribution >= 4 is 56.6 Å². The van der Waals surface area contributed by atoms with Gasteiger partial charge in [0.05, 0.1) is 10.2 Å². The maximum atomic E-state index is 12.8. The third kappa shape index (κ3) is 4.68. The second kappa shape index (κ2) is 9.13. The van der Waals surface area contributed by atoms with Crippen LogP contribution in [-0.4, -0.2) is 58.3 Å². The van der Waals surface area contributed by atoms with Crippen molar-refractivity contribution in [1.29, 1.82) is 0 Å². The van der Waals surface area contributed by atoms with Crippen LogP contribution in [0.4, 0.5) is 10.5 Å². The number of hydrogen-bond acceptors (Lipinski definition) is 5. The molecular formula is C22H21ClN4O4S. The van der Waals surface area contributed by atoms with Crippen LogP contribution in [0.15, 0.2) is 47.3 Å². The minimum absolute atomic E-state index is 0.0663. The Labute approximate surface area is 193 Å². The molecular weight excluding hydrogens is 452 g/mol. The lowest BCUT2D eigenvalue weighted by atomic mass is 10.1. The van der Waals surface area contributed by atoms with Crippen LogP contribution in [0.3, 0.4) is 0 Å². The molecule has 1 N–H and O–H groups in total. The largest absolute Gasteiger partial charge is 0.338 e. The third-order valence-corrected chi connectivity index (χ3v) is 6.56. The first kappa shape index (κ1) is 22.0. The Kier molecular flexibility index (Phi) is 6.29. The summed E-state index contributed by atoms with van der Waals surface area (Å²) in [6.45, 7) is 2.89. The van der Waals surface area contributed by atoms with E-state index in [0.717, 1.165) is 16.0 Å². The number of fused-ring (bicyclic) bond motifs is 1. The van der Waals surface area contributed by atoms with E-state index in [1.165, 1.54) is 11.5 Å². The molecule has 0 spiro atoms. The number of nitrogens with one attached hydrogen (secondary N) is 1. The molecule has 0 radical (unpaired) electrons. The summed E-state index contributed by atoms with van der Waals surface area (Å²) in [6.07, 6.45) is 0. The summed E-state index contributed by atoms with van der Waals surface area (Å²) in [5.74, 6) is -0.256. The van der Waals surface area contributed by atoms with Crippen molar-refractivity contribution < 1.29 is 14.4 Å². The van der Waals surface area contributed by atoms with Crippen molar-refractivity contribution in [2.24, 2.45) is 0 Å². The van der Waals surface area contributed by atoms with Crippen molar-refractivity contribution in [2.45, 2.75) is 13.5 Å². The van der Waals surface area contributed by atoms with Gasteiger partial charge in [0.25, 0.3) is 0 Å². The Morgan fingerprint density at radius 3 is 2.47 bits per heavy atom. The van der Waals surface area contributed by atoms with E-state index >= 15 is 0 Å². The minimum atomic E-state index is -0.285. The molecule has 10 heteroatoms. The van der Waals surface area contributed by atoms with Crippen molar-refractivity contribution in [3.05, 3.63) is 62.7 Å². The molecule has 1 aliphatic heterocycles. The second-order valence-electron chi connectivity index (χ2n) is 7.50. The smallest absolute Gasteiger partial charge is 0.321 e. The number of hydrogen-bond donors (Lipinski definition) is 1. The number of amides is 3. The predicted molar refractivity (Wildman–Crippen MR) is 125 cm³/mol. The molecule has 0 atom stereocenters. The molecule has 0 aliphatic carbocycles. The van der Waals surface area contributed by atoms with Gasteiger partial charge < -0.3 is 15.1 Å². The summed E-state index contributed by atoms with van der Waals surface area (Å²) in [5, 5.41) is 3.30. The molecule has 4 rings (SSSR count). The Balaban J connectivity index is 1.36. The lowest BCUT2D eigenvalue weighted by Crippen LogP contribution is -2.52. The number of carbonyl (C=O) groups excluding carboxylic acids is 3. The molecule has 3 amide bonds.